The van der Waals surface area contributed by atoms with Crippen molar-refractivity contribution in [3.8, 4) is 5.75 Å². The minimum absolute atomic E-state index is 0.152. The monoisotopic (exact) mass is 391 g/mol. The van der Waals surface area contributed by atoms with Crippen molar-refractivity contribution in [1.29, 1.82) is 0 Å². The van der Waals surface area contributed by atoms with Gasteiger partial charge < -0.3 is 14.5 Å². The number of benzene rings is 1. The van der Waals surface area contributed by atoms with Crippen molar-refractivity contribution in [2.75, 3.05) is 51.3 Å². The summed E-state index contributed by atoms with van der Waals surface area (Å²) in [5.41, 5.74) is 2.95. The van der Waals surface area contributed by atoms with Crippen LogP contribution in [0, 0.1) is 0 Å². The highest BCUT2D eigenvalue weighted by Gasteiger charge is 2.37. The van der Waals surface area contributed by atoms with Gasteiger partial charge in [-0.25, -0.2) is 8.42 Å². The molecular formula is C19H25N3O4S. The lowest BCUT2D eigenvalue weighted by molar-refractivity contribution is -0.130. The molecule has 4 rings (SSSR count). The molecule has 3 aliphatic rings. The Balaban J connectivity index is 1.49. The molecule has 3 aliphatic heterocycles. The van der Waals surface area contributed by atoms with Gasteiger partial charge in [0.15, 0.2) is 0 Å². The number of anilines is 1. The second-order valence-corrected chi connectivity index (χ2v) is 9.32. The summed E-state index contributed by atoms with van der Waals surface area (Å²) < 4.78 is 33.4. The van der Waals surface area contributed by atoms with Crippen LogP contribution in [0.2, 0.25) is 0 Å². The first-order valence-electron chi connectivity index (χ1n) is 9.36. The van der Waals surface area contributed by atoms with Gasteiger partial charge in [-0.15, -0.1) is 0 Å². The fourth-order valence-corrected chi connectivity index (χ4v) is 5.35. The predicted molar refractivity (Wildman–Crippen MR) is 102 cm³/mol. The Morgan fingerprint density at radius 3 is 2.52 bits per heavy atom. The van der Waals surface area contributed by atoms with Crippen LogP contribution in [-0.4, -0.2) is 69.9 Å². The van der Waals surface area contributed by atoms with Crippen molar-refractivity contribution >= 4 is 21.6 Å². The van der Waals surface area contributed by atoms with Crippen LogP contribution in [0.25, 0.3) is 0 Å². The molecule has 0 aromatic heterocycles. The highest BCUT2D eigenvalue weighted by atomic mass is 32.2. The van der Waals surface area contributed by atoms with Crippen LogP contribution in [0.3, 0.4) is 0 Å². The number of hydrogen-bond acceptors (Lipinski definition) is 5. The Bertz CT molecular complexity index is 892. The lowest BCUT2D eigenvalue weighted by atomic mass is 10.2. The van der Waals surface area contributed by atoms with E-state index in [0.29, 0.717) is 44.1 Å². The van der Waals surface area contributed by atoms with Crippen LogP contribution in [0.15, 0.2) is 34.2 Å². The number of amides is 1. The van der Waals surface area contributed by atoms with E-state index >= 15 is 0 Å². The normalized spacial score (nSPS) is 19.9. The number of fused-ring (bicyclic) bond motifs is 1. The number of carbonyl (C=O) groups is 1. The molecule has 0 unspecified atom stereocenters. The molecule has 0 saturated carbocycles. The molecule has 0 N–H and O–H groups in total. The fraction of sp³-hybridized carbons (Fsp3) is 0.526. The van der Waals surface area contributed by atoms with E-state index in [1.807, 2.05) is 23.8 Å². The summed E-state index contributed by atoms with van der Waals surface area (Å²) in [6.07, 6.45) is 1.38. The van der Waals surface area contributed by atoms with Gasteiger partial charge in [-0.3, -0.25) is 4.79 Å². The fourth-order valence-electron chi connectivity index (χ4n) is 3.90. The molecule has 1 amide bonds. The Morgan fingerprint density at radius 2 is 1.85 bits per heavy atom. The van der Waals surface area contributed by atoms with Gasteiger partial charge in [-0.2, -0.15) is 4.31 Å². The Hall–Kier alpha value is -2.06. The van der Waals surface area contributed by atoms with Gasteiger partial charge in [0.1, 0.15) is 12.4 Å². The van der Waals surface area contributed by atoms with Gasteiger partial charge in [0.25, 0.3) is 0 Å². The molecule has 0 aliphatic carbocycles. The first-order chi connectivity index (χ1) is 12.9. The maximum atomic E-state index is 13.1. The summed E-state index contributed by atoms with van der Waals surface area (Å²) in [5.74, 6) is 0.869. The van der Waals surface area contributed by atoms with E-state index < -0.39 is 10.0 Å². The molecule has 27 heavy (non-hydrogen) atoms. The Morgan fingerprint density at radius 1 is 1.15 bits per heavy atom. The van der Waals surface area contributed by atoms with E-state index in [2.05, 4.69) is 0 Å². The molecule has 0 fully saturated rings. The van der Waals surface area contributed by atoms with Crippen molar-refractivity contribution in [2.24, 2.45) is 0 Å². The maximum absolute atomic E-state index is 13.1. The average Bonchev–Trinajstić information content (AvgIpc) is 3.21. The topological polar surface area (TPSA) is 70.2 Å². The molecule has 146 valence electrons. The van der Waals surface area contributed by atoms with Crippen molar-refractivity contribution in [1.82, 2.24) is 9.21 Å². The number of carbonyl (C=O) groups excluding carboxylic acids is 1. The molecular weight excluding hydrogens is 366 g/mol. The SMILES string of the molecule is CCCC(=O)N1CC2=C(C1)CN(S(=O)(=O)c1ccc3c(c1)N(C)CCO3)C2. The van der Waals surface area contributed by atoms with Gasteiger partial charge >= 0.3 is 0 Å². The number of likely N-dealkylation sites (N-methyl/N-ethyl adjacent to an activating group) is 1. The van der Waals surface area contributed by atoms with E-state index in [-0.39, 0.29) is 5.91 Å². The van der Waals surface area contributed by atoms with Gasteiger partial charge in [-0.1, -0.05) is 6.92 Å². The van der Waals surface area contributed by atoms with Crippen molar-refractivity contribution in [2.45, 2.75) is 24.7 Å². The van der Waals surface area contributed by atoms with E-state index in [4.69, 9.17) is 4.74 Å². The van der Waals surface area contributed by atoms with E-state index in [1.165, 1.54) is 4.31 Å². The molecule has 1 aromatic rings. The summed E-state index contributed by atoms with van der Waals surface area (Å²) >= 11 is 0. The Labute approximate surface area is 160 Å². The van der Waals surface area contributed by atoms with Crippen molar-refractivity contribution in [3.63, 3.8) is 0 Å². The van der Waals surface area contributed by atoms with Gasteiger partial charge in [0, 0.05) is 39.6 Å². The second kappa shape index (κ2) is 6.83. The van der Waals surface area contributed by atoms with Crippen LogP contribution in [0.5, 0.6) is 5.75 Å². The summed E-state index contributed by atoms with van der Waals surface area (Å²) in [7, 11) is -1.64. The average molecular weight is 391 g/mol. The largest absolute Gasteiger partial charge is 0.490 e. The minimum Gasteiger partial charge on any atom is -0.490 e. The lowest BCUT2D eigenvalue weighted by Crippen LogP contribution is -2.36. The minimum atomic E-state index is -3.58. The summed E-state index contributed by atoms with van der Waals surface area (Å²) in [6.45, 7) is 5.18. The number of ether oxygens (including phenoxy) is 1. The molecule has 0 radical (unpaired) electrons. The molecule has 0 saturated heterocycles. The van der Waals surface area contributed by atoms with E-state index in [0.717, 1.165) is 35.5 Å². The zero-order valence-electron chi connectivity index (χ0n) is 15.8. The van der Waals surface area contributed by atoms with E-state index in [9.17, 15) is 13.2 Å². The van der Waals surface area contributed by atoms with Gasteiger partial charge in [0.2, 0.25) is 15.9 Å². The van der Waals surface area contributed by atoms with Gasteiger partial charge in [0.05, 0.1) is 17.1 Å². The highest BCUT2D eigenvalue weighted by molar-refractivity contribution is 7.89. The summed E-state index contributed by atoms with van der Waals surface area (Å²) in [5, 5.41) is 0. The molecule has 8 heteroatoms. The van der Waals surface area contributed by atoms with E-state index in [1.54, 1.807) is 18.2 Å². The zero-order chi connectivity index (χ0) is 19.2. The van der Waals surface area contributed by atoms with Crippen molar-refractivity contribution in [3.05, 3.63) is 29.3 Å². The number of sulfonamides is 1. The van der Waals surface area contributed by atoms with Crippen LogP contribution in [0.1, 0.15) is 19.8 Å². The third kappa shape index (κ3) is 3.21. The molecule has 0 bridgehead atoms. The molecule has 0 spiro atoms. The van der Waals surface area contributed by atoms with Crippen LogP contribution >= 0.6 is 0 Å². The molecule has 7 nitrogen and oxygen atoms in total. The zero-order valence-corrected chi connectivity index (χ0v) is 16.6. The maximum Gasteiger partial charge on any atom is 0.243 e. The van der Waals surface area contributed by atoms with Gasteiger partial charge in [-0.05, 0) is 35.8 Å². The first kappa shape index (κ1) is 18.3. The Kier molecular flexibility index (Phi) is 4.63. The quantitative estimate of drug-likeness (QED) is 0.727. The predicted octanol–water partition coefficient (Wildman–Crippen LogP) is 1.46. The lowest BCUT2D eigenvalue weighted by Gasteiger charge is -2.28. The van der Waals surface area contributed by atoms with Crippen LogP contribution in [0.4, 0.5) is 5.69 Å². The summed E-state index contributed by atoms with van der Waals surface area (Å²) in [6, 6.07) is 5.05. The smallest absolute Gasteiger partial charge is 0.243 e. The first-order valence-corrected chi connectivity index (χ1v) is 10.8. The second-order valence-electron chi connectivity index (χ2n) is 7.38. The van der Waals surface area contributed by atoms with Crippen LogP contribution < -0.4 is 9.64 Å². The standard InChI is InChI=1S/C19H25N3O4S/c1-3-4-19(23)21-10-14-12-22(13-15(14)11-21)27(24,25)16-5-6-18-17(9-16)20(2)7-8-26-18/h5-6,9H,3-4,7-8,10-13H2,1-2H3. The number of nitrogens with zero attached hydrogens (tertiary/aromatic N) is 3. The van der Waals surface area contributed by atoms with Crippen molar-refractivity contribution < 1.29 is 17.9 Å². The number of rotatable bonds is 4. The summed E-state index contributed by atoms with van der Waals surface area (Å²) in [4.78, 5) is 16.2. The number of hydrogen-bond donors (Lipinski definition) is 0. The highest BCUT2D eigenvalue weighted by Crippen LogP contribution is 2.35. The molecule has 1 aromatic carbocycles. The third-order valence-corrected chi connectivity index (χ3v) is 7.27. The molecule has 3 heterocycles. The molecule has 0 atom stereocenters. The third-order valence-electron chi connectivity index (χ3n) is 5.48. The van der Waals surface area contributed by atoms with Crippen LogP contribution in [-0.2, 0) is 14.8 Å².